The predicted octanol–water partition coefficient (Wildman–Crippen LogP) is 3.59. The quantitative estimate of drug-likeness (QED) is 0.782. The Morgan fingerprint density at radius 3 is 2.10 bits per heavy atom. The van der Waals surface area contributed by atoms with Crippen LogP contribution >= 0.6 is 0 Å². The van der Waals surface area contributed by atoms with E-state index in [2.05, 4.69) is 0 Å². The van der Waals surface area contributed by atoms with Gasteiger partial charge in [-0.1, -0.05) is 24.3 Å². The van der Waals surface area contributed by atoms with Gasteiger partial charge in [-0.15, -0.1) is 0 Å². The second-order valence-electron chi connectivity index (χ2n) is 5.78. The zero-order valence-electron chi connectivity index (χ0n) is 12.6. The van der Waals surface area contributed by atoms with Crippen LogP contribution in [0.3, 0.4) is 0 Å². The Kier molecular flexibility index (Phi) is 4.41. The molecule has 0 aliphatic carbocycles. The Balaban J connectivity index is 2.25. The highest BCUT2D eigenvalue weighted by Gasteiger charge is 2.26. The molecule has 0 spiro atoms. The molecule has 0 saturated carbocycles. The summed E-state index contributed by atoms with van der Waals surface area (Å²) in [5, 5.41) is 0. The minimum Gasteiger partial charge on any atom is -0.378 e. The molecule has 0 aromatic heterocycles. The minimum absolute atomic E-state index is 0.290. The summed E-state index contributed by atoms with van der Waals surface area (Å²) in [4.78, 5) is 13.6. The highest BCUT2D eigenvalue weighted by Crippen LogP contribution is 2.27. The van der Waals surface area contributed by atoms with Crippen molar-refractivity contribution in [1.29, 1.82) is 0 Å². The molecule has 0 amide bonds. The van der Waals surface area contributed by atoms with E-state index in [4.69, 9.17) is 0 Å². The lowest BCUT2D eigenvalue weighted by atomic mass is 9.78. The number of halogens is 1. The first-order valence-corrected chi connectivity index (χ1v) is 6.93. The van der Waals surface area contributed by atoms with E-state index >= 15 is 0 Å². The molecule has 110 valence electrons. The molecule has 0 N–H and O–H groups in total. The van der Waals surface area contributed by atoms with Crippen molar-refractivity contribution < 1.29 is 9.18 Å². The predicted molar refractivity (Wildman–Crippen MR) is 84.3 cm³/mol. The Labute approximate surface area is 125 Å². The van der Waals surface area contributed by atoms with Gasteiger partial charge in [0.2, 0.25) is 0 Å². The summed E-state index contributed by atoms with van der Waals surface area (Å²) in [6, 6.07) is 14.3. The number of carbonyl (C=O) groups is 1. The first-order chi connectivity index (χ1) is 9.94. The number of benzene rings is 2. The maximum absolute atomic E-state index is 13.0. The molecular weight excluding hydrogens is 265 g/mol. The normalized spacial score (nSPS) is 13.5. The summed E-state index contributed by atoms with van der Waals surface area (Å²) in [6.45, 7) is 1.88. The summed E-state index contributed by atoms with van der Waals surface area (Å²) in [5.41, 5.74) is 2.39. The molecule has 0 radical (unpaired) electrons. The average molecular weight is 285 g/mol. The largest absolute Gasteiger partial charge is 0.378 e. The van der Waals surface area contributed by atoms with Crippen molar-refractivity contribution in [3.8, 4) is 0 Å². The van der Waals surface area contributed by atoms with Crippen LogP contribution in [0, 0.1) is 5.82 Å². The summed E-state index contributed by atoms with van der Waals surface area (Å²) >= 11 is 0. The zero-order valence-corrected chi connectivity index (χ0v) is 12.6. The van der Waals surface area contributed by atoms with E-state index in [0.717, 1.165) is 23.1 Å². The van der Waals surface area contributed by atoms with Gasteiger partial charge in [-0.3, -0.25) is 0 Å². The Hall–Kier alpha value is -2.16. The van der Waals surface area contributed by atoms with Gasteiger partial charge >= 0.3 is 0 Å². The third kappa shape index (κ3) is 3.48. The minimum atomic E-state index is -0.646. The Morgan fingerprint density at radius 1 is 1.05 bits per heavy atom. The van der Waals surface area contributed by atoms with E-state index in [-0.39, 0.29) is 5.82 Å². The van der Waals surface area contributed by atoms with Crippen LogP contribution in [0.15, 0.2) is 48.5 Å². The molecule has 2 aromatic rings. The third-order valence-corrected chi connectivity index (χ3v) is 3.79. The van der Waals surface area contributed by atoms with Gasteiger partial charge in [0.25, 0.3) is 0 Å². The number of nitrogens with zero attached hydrogens (tertiary/aromatic N) is 1. The van der Waals surface area contributed by atoms with Crippen LogP contribution in [0.5, 0.6) is 0 Å². The van der Waals surface area contributed by atoms with E-state index < -0.39 is 5.41 Å². The second kappa shape index (κ2) is 6.08. The maximum Gasteiger partial charge on any atom is 0.130 e. The van der Waals surface area contributed by atoms with Crippen molar-refractivity contribution in [2.75, 3.05) is 19.0 Å². The van der Waals surface area contributed by atoms with Crippen LogP contribution in [-0.2, 0) is 16.6 Å². The van der Waals surface area contributed by atoms with E-state index in [9.17, 15) is 9.18 Å². The molecule has 0 bridgehead atoms. The lowest BCUT2D eigenvalue weighted by Crippen LogP contribution is -2.26. The number of hydrogen-bond donors (Lipinski definition) is 0. The fraction of sp³-hybridized carbons (Fsp3) is 0.278. The van der Waals surface area contributed by atoms with Gasteiger partial charge in [0, 0.05) is 19.8 Å². The van der Waals surface area contributed by atoms with Gasteiger partial charge in [0.1, 0.15) is 12.1 Å². The van der Waals surface area contributed by atoms with Gasteiger partial charge in [-0.25, -0.2) is 4.39 Å². The van der Waals surface area contributed by atoms with Crippen LogP contribution in [-0.4, -0.2) is 20.4 Å². The summed E-state index contributed by atoms with van der Waals surface area (Å²) in [5.74, 6) is -0.290. The zero-order chi connectivity index (χ0) is 15.5. The molecule has 0 saturated heterocycles. The van der Waals surface area contributed by atoms with Crippen LogP contribution < -0.4 is 4.90 Å². The van der Waals surface area contributed by atoms with Crippen molar-refractivity contribution >= 4 is 12.0 Å². The van der Waals surface area contributed by atoms with E-state index in [1.807, 2.05) is 50.2 Å². The first-order valence-electron chi connectivity index (χ1n) is 6.93. The number of carbonyl (C=O) groups excluding carboxylic acids is 1. The number of hydrogen-bond acceptors (Lipinski definition) is 2. The van der Waals surface area contributed by atoms with Crippen molar-refractivity contribution in [2.24, 2.45) is 0 Å². The molecule has 0 heterocycles. The summed E-state index contributed by atoms with van der Waals surface area (Å²) in [7, 11) is 3.98. The molecule has 1 unspecified atom stereocenters. The second-order valence-corrected chi connectivity index (χ2v) is 5.78. The molecule has 2 aromatic carbocycles. The molecule has 0 fully saturated rings. The van der Waals surface area contributed by atoms with Crippen molar-refractivity contribution in [3.05, 3.63) is 65.5 Å². The topological polar surface area (TPSA) is 20.3 Å². The number of aldehydes is 1. The van der Waals surface area contributed by atoms with Crippen LogP contribution in [0.25, 0.3) is 0 Å². The van der Waals surface area contributed by atoms with Crippen molar-refractivity contribution in [1.82, 2.24) is 0 Å². The Morgan fingerprint density at radius 2 is 1.62 bits per heavy atom. The highest BCUT2D eigenvalue weighted by atomic mass is 19.1. The molecule has 2 rings (SSSR count). The third-order valence-electron chi connectivity index (χ3n) is 3.79. The molecular formula is C18H20FNO. The average Bonchev–Trinajstić information content (AvgIpc) is 2.48. The number of rotatable bonds is 5. The SMILES string of the molecule is CN(C)c1ccc(CC(C)(C=O)c2ccc(F)cc2)cc1. The molecule has 0 aliphatic heterocycles. The molecule has 21 heavy (non-hydrogen) atoms. The fourth-order valence-electron chi connectivity index (χ4n) is 2.38. The molecule has 2 nitrogen and oxygen atoms in total. The lowest BCUT2D eigenvalue weighted by Gasteiger charge is -2.24. The smallest absolute Gasteiger partial charge is 0.130 e. The van der Waals surface area contributed by atoms with Gasteiger partial charge in [-0.2, -0.15) is 0 Å². The molecule has 1 atom stereocenters. The van der Waals surface area contributed by atoms with Crippen molar-refractivity contribution in [3.63, 3.8) is 0 Å². The van der Waals surface area contributed by atoms with Gasteiger partial charge < -0.3 is 9.69 Å². The Bertz CT molecular complexity index is 604. The van der Waals surface area contributed by atoms with Gasteiger partial charge in [0.05, 0.1) is 5.41 Å². The lowest BCUT2D eigenvalue weighted by molar-refractivity contribution is -0.112. The van der Waals surface area contributed by atoms with Crippen molar-refractivity contribution in [2.45, 2.75) is 18.8 Å². The van der Waals surface area contributed by atoms with E-state index in [0.29, 0.717) is 6.42 Å². The summed E-state index contributed by atoms with van der Waals surface area (Å²) in [6.07, 6.45) is 1.54. The standard InChI is InChI=1S/C18H20FNO/c1-18(13-21,15-6-8-16(19)9-7-15)12-14-4-10-17(11-5-14)20(2)3/h4-11,13H,12H2,1-3H3. The van der Waals surface area contributed by atoms with Gasteiger partial charge in [-0.05, 0) is 48.7 Å². The number of anilines is 1. The van der Waals surface area contributed by atoms with Gasteiger partial charge in [0.15, 0.2) is 0 Å². The monoisotopic (exact) mass is 285 g/mol. The molecule has 0 aliphatic rings. The maximum atomic E-state index is 13.0. The van der Waals surface area contributed by atoms with E-state index in [1.54, 1.807) is 12.1 Å². The molecule has 3 heteroatoms. The highest BCUT2D eigenvalue weighted by molar-refractivity contribution is 5.68. The summed E-state index contributed by atoms with van der Waals surface area (Å²) < 4.78 is 13.0. The van der Waals surface area contributed by atoms with Crippen LogP contribution in [0.2, 0.25) is 0 Å². The first kappa shape index (κ1) is 15.2. The van der Waals surface area contributed by atoms with Crippen LogP contribution in [0.1, 0.15) is 18.1 Å². The van der Waals surface area contributed by atoms with E-state index in [1.165, 1.54) is 12.1 Å². The van der Waals surface area contributed by atoms with Crippen LogP contribution in [0.4, 0.5) is 10.1 Å². The fourth-order valence-corrected chi connectivity index (χ4v) is 2.38.